The standard InChI is InChI=1S/C20H19FN4O4/c1-3-12(2)17(22-19(26)14-7-4-8-15(21)10-14)20-23-18(24-29-20)13-6-5-9-16(11-13)25(27)28/h4-12,17H,3H2,1-2H3,(H,22,26)/t12-,17+/m1/s1. The Hall–Kier alpha value is -3.62. The predicted molar refractivity (Wildman–Crippen MR) is 102 cm³/mol. The van der Waals surface area contributed by atoms with E-state index in [1.807, 2.05) is 13.8 Å². The van der Waals surface area contributed by atoms with Crippen LogP contribution in [0.1, 0.15) is 42.6 Å². The van der Waals surface area contributed by atoms with Gasteiger partial charge in [-0.2, -0.15) is 4.98 Å². The monoisotopic (exact) mass is 398 g/mol. The summed E-state index contributed by atoms with van der Waals surface area (Å²) in [6, 6.07) is 10.6. The first-order valence-electron chi connectivity index (χ1n) is 9.04. The number of hydrogen-bond donors (Lipinski definition) is 1. The molecule has 1 heterocycles. The maximum atomic E-state index is 13.4. The Morgan fingerprint density at radius 3 is 2.72 bits per heavy atom. The Morgan fingerprint density at radius 2 is 2.03 bits per heavy atom. The molecule has 2 aromatic carbocycles. The van der Waals surface area contributed by atoms with Crippen molar-refractivity contribution in [3.05, 3.63) is 75.9 Å². The summed E-state index contributed by atoms with van der Waals surface area (Å²) in [5.41, 5.74) is 0.511. The van der Waals surface area contributed by atoms with Crippen molar-refractivity contribution in [1.29, 1.82) is 0 Å². The summed E-state index contributed by atoms with van der Waals surface area (Å²) in [6.45, 7) is 3.86. The fourth-order valence-electron chi connectivity index (χ4n) is 2.77. The zero-order valence-electron chi connectivity index (χ0n) is 15.8. The number of aromatic nitrogens is 2. The molecule has 2 atom stereocenters. The van der Waals surface area contributed by atoms with Crippen molar-refractivity contribution in [3.8, 4) is 11.4 Å². The van der Waals surface area contributed by atoms with Gasteiger partial charge in [0.1, 0.15) is 11.9 Å². The van der Waals surface area contributed by atoms with Gasteiger partial charge in [-0.25, -0.2) is 4.39 Å². The molecular weight excluding hydrogens is 379 g/mol. The van der Waals surface area contributed by atoms with Crippen molar-refractivity contribution in [3.63, 3.8) is 0 Å². The SMILES string of the molecule is CC[C@@H](C)[C@H](NC(=O)c1cccc(F)c1)c1nc(-c2cccc([N+](=O)[O-])c2)no1. The van der Waals surface area contributed by atoms with Crippen molar-refractivity contribution >= 4 is 11.6 Å². The second kappa shape index (κ2) is 8.59. The molecule has 1 aromatic heterocycles. The summed E-state index contributed by atoms with van der Waals surface area (Å²) < 4.78 is 18.8. The minimum Gasteiger partial charge on any atom is -0.340 e. The number of carbonyl (C=O) groups is 1. The molecule has 0 saturated heterocycles. The molecule has 9 heteroatoms. The lowest BCUT2D eigenvalue weighted by Gasteiger charge is -2.20. The summed E-state index contributed by atoms with van der Waals surface area (Å²) >= 11 is 0. The molecule has 0 fully saturated rings. The first kappa shape index (κ1) is 20.1. The summed E-state index contributed by atoms with van der Waals surface area (Å²) in [5.74, 6) is -0.679. The number of amides is 1. The van der Waals surface area contributed by atoms with Crippen LogP contribution in [0.3, 0.4) is 0 Å². The van der Waals surface area contributed by atoms with E-state index < -0.39 is 22.7 Å². The number of nitro groups is 1. The number of hydrogen-bond acceptors (Lipinski definition) is 6. The average Bonchev–Trinajstić information content (AvgIpc) is 3.21. The van der Waals surface area contributed by atoms with Crippen LogP contribution in [-0.4, -0.2) is 21.0 Å². The van der Waals surface area contributed by atoms with Gasteiger partial charge in [0.05, 0.1) is 4.92 Å². The molecular formula is C20H19FN4O4. The number of rotatable bonds is 7. The van der Waals surface area contributed by atoms with Gasteiger partial charge in [-0.3, -0.25) is 14.9 Å². The van der Waals surface area contributed by atoms with Gasteiger partial charge in [0.25, 0.3) is 11.6 Å². The summed E-state index contributed by atoms with van der Waals surface area (Å²) in [7, 11) is 0. The molecule has 1 N–H and O–H groups in total. The first-order valence-corrected chi connectivity index (χ1v) is 9.04. The van der Waals surface area contributed by atoms with Crippen molar-refractivity contribution in [1.82, 2.24) is 15.5 Å². The molecule has 3 aromatic rings. The van der Waals surface area contributed by atoms with Crippen LogP contribution in [0.2, 0.25) is 0 Å². The Morgan fingerprint density at radius 1 is 1.28 bits per heavy atom. The van der Waals surface area contributed by atoms with E-state index in [-0.39, 0.29) is 28.9 Å². The Labute approximate surface area is 165 Å². The highest BCUT2D eigenvalue weighted by atomic mass is 19.1. The van der Waals surface area contributed by atoms with Gasteiger partial charge in [0.15, 0.2) is 0 Å². The highest BCUT2D eigenvalue weighted by Gasteiger charge is 2.27. The van der Waals surface area contributed by atoms with Gasteiger partial charge in [0.2, 0.25) is 11.7 Å². The smallest absolute Gasteiger partial charge is 0.270 e. The van der Waals surface area contributed by atoms with E-state index in [9.17, 15) is 19.3 Å². The molecule has 0 aliphatic heterocycles. The van der Waals surface area contributed by atoms with Crippen molar-refractivity contribution in [2.45, 2.75) is 26.3 Å². The van der Waals surface area contributed by atoms with Crippen LogP contribution in [0.25, 0.3) is 11.4 Å². The molecule has 0 aliphatic rings. The van der Waals surface area contributed by atoms with E-state index in [1.165, 1.54) is 36.4 Å². The average molecular weight is 398 g/mol. The van der Waals surface area contributed by atoms with E-state index in [1.54, 1.807) is 6.07 Å². The number of non-ortho nitro benzene ring substituents is 1. The van der Waals surface area contributed by atoms with Crippen LogP contribution in [0.4, 0.5) is 10.1 Å². The third-order valence-corrected chi connectivity index (χ3v) is 4.61. The number of halogens is 1. The minimum atomic E-state index is -0.601. The van der Waals surface area contributed by atoms with Gasteiger partial charge >= 0.3 is 0 Å². The highest BCUT2D eigenvalue weighted by molar-refractivity contribution is 5.94. The maximum Gasteiger partial charge on any atom is 0.270 e. The molecule has 29 heavy (non-hydrogen) atoms. The molecule has 0 saturated carbocycles. The second-order valence-corrected chi connectivity index (χ2v) is 6.61. The van der Waals surface area contributed by atoms with Crippen LogP contribution < -0.4 is 5.32 Å². The van der Waals surface area contributed by atoms with Gasteiger partial charge in [-0.05, 0) is 24.1 Å². The third-order valence-electron chi connectivity index (χ3n) is 4.61. The number of benzene rings is 2. The molecule has 0 unspecified atom stereocenters. The van der Waals surface area contributed by atoms with Crippen molar-refractivity contribution in [2.75, 3.05) is 0 Å². The topological polar surface area (TPSA) is 111 Å². The molecule has 8 nitrogen and oxygen atoms in total. The zero-order valence-corrected chi connectivity index (χ0v) is 15.8. The normalized spacial score (nSPS) is 12.9. The number of nitro benzene ring substituents is 1. The van der Waals surface area contributed by atoms with E-state index >= 15 is 0 Å². The highest BCUT2D eigenvalue weighted by Crippen LogP contribution is 2.27. The number of nitrogens with one attached hydrogen (secondary N) is 1. The molecule has 0 bridgehead atoms. The van der Waals surface area contributed by atoms with Crippen LogP contribution in [0.15, 0.2) is 53.1 Å². The molecule has 0 spiro atoms. The molecule has 150 valence electrons. The van der Waals surface area contributed by atoms with E-state index in [2.05, 4.69) is 15.5 Å². The Kier molecular flexibility index (Phi) is 5.96. The van der Waals surface area contributed by atoms with Gasteiger partial charge < -0.3 is 9.84 Å². The fourth-order valence-corrected chi connectivity index (χ4v) is 2.77. The summed E-state index contributed by atoms with van der Waals surface area (Å²) in [4.78, 5) is 27.3. The minimum absolute atomic E-state index is 0.0501. The van der Waals surface area contributed by atoms with Gasteiger partial charge in [-0.15, -0.1) is 0 Å². The predicted octanol–water partition coefficient (Wildman–Crippen LogP) is 4.30. The van der Waals surface area contributed by atoms with E-state index in [0.717, 1.165) is 6.07 Å². The fraction of sp³-hybridized carbons (Fsp3) is 0.250. The van der Waals surface area contributed by atoms with Gasteiger partial charge in [0, 0.05) is 23.3 Å². The van der Waals surface area contributed by atoms with Crippen LogP contribution in [0, 0.1) is 21.8 Å². The number of carbonyl (C=O) groups excluding carboxylic acids is 1. The Balaban J connectivity index is 1.88. The van der Waals surface area contributed by atoms with Crippen LogP contribution in [0.5, 0.6) is 0 Å². The van der Waals surface area contributed by atoms with Crippen molar-refractivity contribution in [2.24, 2.45) is 5.92 Å². The third kappa shape index (κ3) is 4.63. The van der Waals surface area contributed by atoms with Crippen LogP contribution >= 0.6 is 0 Å². The largest absolute Gasteiger partial charge is 0.340 e. The molecule has 3 rings (SSSR count). The molecule has 1 amide bonds. The second-order valence-electron chi connectivity index (χ2n) is 6.61. The molecule has 0 aliphatic carbocycles. The summed E-state index contributed by atoms with van der Waals surface area (Å²) in [5, 5.41) is 17.7. The zero-order chi connectivity index (χ0) is 21.0. The van der Waals surface area contributed by atoms with E-state index in [0.29, 0.717) is 12.0 Å². The van der Waals surface area contributed by atoms with E-state index in [4.69, 9.17) is 4.52 Å². The quantitative estimate of drug-likeness (QED) is 0.469. The lowest BCUT2D eigenvalue weighted by molar-refractivity contribution is -0.384. The molecule has 0 radical (unpaired) electrons. The van der Waals surface area contributed by atoms with Gasteiger partial charge in [-0.1, -0.05) is 43.6 Å². The van der Waals surface area contributed by atoms with Crippen molar-refractivity contribution < 1.29 is 18.6 Å². The number of nitrogens with zero attached hydrogens (tertiary/aromatic N) is 3. The van der Waals surface area contributed by atoms with Crippen LogP contribution in [-0.2, 0) is 0 Å². The summed E-state index contributed by atoms with van der Waals surface area (Å²) in [6.07, 6.45) is 0.711. The maximum absolute atomic E-state index is 13.4. The Bertz CT molecular complexity index is 1040. The first-order chi connectivity index (χ1) is 13.9. The lowest BCUT2D eigenvalue weighted by atomic mass is 9.98. The lowest BCUT2D eigenvalue weighted by Crippen LogP contribution is -2.32.